The maximum Gasteiger partial charge on any atom is 0.0853 e. The first-order valence-electron chi connectivity index (χ1n) is 6.25. The van der Waals surface area contributed by atoms with Crippen molar-refractivity contribution in [3.8, 4) is 0 Å². The normalized spacial score (nSPS) is 20.6. The first-order chi connectivity index (χ1) is 8.33. The van der Waals surface area contributed by atoms with Gasteiger partial charge < -0.3 is 14.7 Å². The van der Waals surface area contributed by atoms with Crippen molar-refractivity contribution in [2.75, 3.05) is 24.6 Å². The fraction of sp³-hybridized carbons (Fsp3) is 0.615. The Hall–Kier alpha value is -1.13. The average Bonchev–Trinajstić information content (AvgIpc) is 2.40. The summed E-state index contributed by atoms with van der Waals surface area (Å²) in [5.74, 6) is 0. The molecule has 1 saturated heterocycles. The highest BCUT2D eigenvalue weighted by Gasteiger charge is 2.20. The van der Waals surface area contributed by atoms with E-state index >= 15 is 0 Å². The van der Waals surface area contributed by atoms with Crippen molar-refractivity contribution in [1.82, 2.24) is 4.98 Å². The van der Waals surface area contributed by atoms with Gasteiger partial charge in [0, 0.05) is 31.6 Å². The molecule has 1 aliphatic heterocycles. The van der Waals surface area contributed by atoms with Crippen LogP contribution < -0.4 is 4.90 Å². The number of hydrogen-bond donors (Lipinski definition) is 1. The van der Waals surface area contributed by atoms with Gasteiger partial charge in [-0.05, 0) is 31.9 Å². The van der Waals surface area contributed by atoms with Gasteiger partial charge in [0.15, 0.2) is 0 Å². The second-order valence-electron chi connectivity index (χ2n) is 4.33. The van der Waals surface area contributed by atoms with E-state index in [1.165, 1.54) is 0 Å². The molecular weight excluding hydrogens is 216 g/mol. The van der Waals surface area contributed by atoms with E-state index in [4.69, 9.17) is 9.84 Å². The van der Waals surface area contributed by atoms with Crippen molar-refractivity contribution < 1.29 is 9.84 Å². The topological polar surface area (TPSA) is 45.6 Å². The van der Waals surface area contributed by atoms with E-state index in [2.05, 4.69) is 9.88 Å². The minimum absolute atomic E-state index is 0.00340. The minimum atomic E-state index is -0.00340. The van der Waals surface area contributed by atoms with Crippen LogP contribution in [0.2, 0.25) is 0 Å². The van der Waals surface area contributed by atoms with Gasteiger partial charge in [-0.2, -0.15) is 0 Å². The molecule has 1 N–H and O–H groups in total. The molecule has 0 aliphatic carbocycles. The molecule has 1 atom stereocenters. The zero-order chi connectivity index (χ0) is 12.1. The van der Waals surface area contributed by atoms with Crippen molar-refractivity contribution >= 4 is 5.69 Å². The highest BCUT2D eigenvalue weighted by Crippen LogP contribution is 2.21. The lowest BCUT2D eigenvalue weighted by Gasteiger charge is -2.34. The van der Waals surface area contributed by atoms with E-state index in [9.17, 15) is 0 Å². The van der Waals surface area contributed by atoms with Crippen molar-refractivity contribution in [1.29, 1.82) is 0 Å². The molecule has 4 nitrogen and oxygen atoms in total. The van der Waals surface area contributed by atoms with Gasteiger partial charge in [-0.15, -0.1) is 0 Å². The molecule has 17 heavy (non-hydrogen) atoms. The molecule has 0 amide bonds. The molecule has 0 spiro atoms. The summed E-state index contributed by atoms with van der Waals surface area (Å²) in [6, 6.07) is 3.95. The van der Waals surface area contributed by atoms with E-state index in [0.717, 1.165) is 43.9 Å². The Kier molecular flexibility index (Phi) is 4.34. The SMILES string of the molecule is CCOC1CCCN(c2ccnc(CO)c2)C1. The van der Waals surface area contributed by atoms with Crippen molar-refractivity contribution in [3.05, 3.63) is 24.0 Å². The Labute approximate surface area is 102 Å². The number of piperidine rings is 1. The van der Waals surface area contributed by atoms with Crippen LogP contribution in [-0.2, 0) is 11.3 Å². The summed E-state index contributed by atoms with van der Waals surface area (Å²) in [5, 5.41) is 9.09. The zero-order valence-corrected chi connectivity index (χ0v) is 10.3. The standard InChI is InChI=1S/C13H20N2O2/c1-2-17-13-4-3-7-15(9-13)12-5-6-14-11(8-12)10-16/h5-6,8,13,16H,2-4,7,9-10H2,1H3. The third-order valence-electron chi connectivity index (χ3n) is 3.11. The second kappa shape index (κ2) is 5.98. The molecule has 0 saturated carbocycles. The average molecular weight is 236 g/mol. The molecule has 0 aromatic carbocycles. The predicted octanol–water partition coefficient (Wildman–Crippen LogP) is 1.58. The third kappa shape index (κ3) is 3.17. The van der Waals surface area contributed by atoms with E-state index < -0.39 is 0 Å². The summed E-state index contributed by atoms with van der Waals surface area (Å²) in [4.78, 5) is 6.41. The molecule has 1 aliphatic rings. The first-order valence-corrected chi connectivity index (χ1v) is 6.25. The molecule has 1 unspecified atom stereocenters. The Morgan fingerprint density at radius 3 is 3.24 bits per heavy atom. The molecular formula is C13H20N2O2. The van der Waals surface area contributed by atoms with Crippen LogP contribution in [0.3, 0.4) is 0 Å². The lowest BCUT2D eigenvalue weighted by Crippen LogP contribution is -2.39. The fourth-order valence-electron chi connectivity index (χ4n) is 2.29. The zero-order valence-electron chi connectivity index (χ0n) is 10.3. The number of pyridine rings is 1. The largest absolute Gasteiger partial charge is 0.390 e. The van der Waals surface area contributed by atoms with Crippen LogP contribution in [-0.4, -0.2) is 35.9 Å². The van der Waals surface area contributed by atoms with Gasteiger partial charge in [-0.3, -0.25) is 4.98 Å². The van der Waals surface area contributed by atoms with Crippen LogP contribution in [0, 0.1) is 0 Å². The smallest absolute Gasteiger partial charge is 0.0853 e. The monoisotopic (exact) mass is 236 g/mol. The number of aliphatic hydroxyl groups excluding tert-OH is 1. The Balaban J connectivity index is 2.05. The van der Waals surface area contributed by atoms with E-state index in [0.29, 0.717) is 6.10 Å². The Morgan fingerprint density at radius 1 is 1.59 bits per heavy atom. The van der Waals surface area contributed by atoms with Gasteiger partial charge in [0.1, 0.15) is 0 Å². The summed E-state index contributed by atoms with van der Waals surface area (Å²) in [5.41, 5.74) is 1.86. The van der Waals surface area contributed by atoms with Crippen LogP contribution in [0.25, 0.3) is 0 Å². The van der Waals surface area contributed by atoms with E-state index in [1.54, 1.807) is 6.20 Å². The number of rotatable bonds is 4. The highest BCUT2D eigenvalue weighted by atomic mass is 16.5. The summed E-state index contributed by atoms with van der Waals surface area (Å²) < 4.78 is 5.68. The van der Waals surface area contributed by atoms with Crippen molar-refractivity contribution in [2.24, 2.45) is 0 Å². The van der Waals surface area contributed by atoms with Gasteiger partial charge in [0.05, 0.1) is 18.4 Å². The number of anilines is 1. The predicted molar refractivity (Wildman–Crippen MR) is 67.0 cm³/mol. The Bertz CT molecular complexity index is 355. The van der Waals surface area contributed by atoms with Crippen LogP contribution in [0.5, 0.6) is 0 Å². The molecule has 1 fully saturated rings. The van der Waals surface area contributed by atoms with Crippen LogP contribution in [0.15, 0.2) is 18.3 Å². The van der Waals surface area contributed by atoms with E-state index in [-0.39, 0.29) is 6.61 Å². The number of nitrogens with zero attached hydrogens (tertiary/aromatic N) is 2. The molecule has 1 aromatic heterocycles. The molecule has 2 rings (SSSR count). The Morgan fingerprint density at radius 2 is 2.47 bits per heavy atom. The number of aromatic nitrogens is 1. The number of ether oxygens (including phenoxy) is 1. The van der Waals surface area contributed by atoms with Gasteiger partial charge >= 0.3 is 0 Å². The van der Waals surface area contributed by atoms with Crippen molar-refractivity contribution in [2.45, 2.75) is 32.5 Å². The molecule has 1 aromatic rings. The lowest BCUT2D eigenvalue weighted by atomic mass is 10.1. The second-order valence-corrected chi connectivity index (χ2v) is 4.33. The molecule has 0 radical (unpaired) electrons. The van der Waals surface area contributed by atoms with Crippen molar-refractivity contribution in [3.63, 3.8) is 0 Å². The van der Waals surface area contributed by atoms with Gasteiger partial charge in [0.25, 0.3) is 0 Å². The van der Waals surface area contributed by atoms with Gasteiger partial charge in [-0.1, -0.05) is 0 Å². The van der Waals surface area contributed by atoms with Gasteiger partial charge in [-0.25, -0.2) is 0 Å². The van der Waals surface area contributed by atoms with Crippen LogP contribution in [0.4, 0.5) is 5.69 Å². The minimum Gasteiger partial charge on any atom is -0.390 e. The molecule has 4 heteroatoms. The van der Waals surface area contributed by atoms with Crippen LogP contribution in [0.1, 0.15) is 25.5 Å². The highest BCUT2D eigenvalue weighted by molar-refractivity contribution is 5.47. The summed E-state index contributed by atoms with van der Waals surface area (Å²) >= 11 is 0. The lowest BCUT2D eigenvalue weighted by molar-refractivity contribution is 0.0526. The molecule has 2 heterocycles. The molecule has 0 bridgehead atoms. The first kappa shape index (κ1) is 12.3. The van der Waals surface area contributed by atoms with E-state index in [1.807, 2.05) is 19.1 Å². The maximum absolute atomic E-state index is 9.09. The van der Waals surface area contributed by atoms with Gasteiger partial charge in [0.2, 0.25) is 0 Å². The summed E-state index contributed by atoms with van der Waals surface area (Å²) in [7, 11) is 0. The number of aliphatic hydroxyl groups is 1. The number of hydrogen-bond acceptors (Lipinski definition) is 4. The summed E-state index contributed by atoms with van der Waals surface area (Å²) in [6.45, 7) is 4.80. The molecule has 94 valence electrons. The quantitative estimate of drug-likeness (QED) is 0.862. The maximum atomic E-state index is 9.09. The fourth-order valence-corrected chi connectivity index (χ4v) is 2.29. The third-order valence-corrected chi connectivity index (χ3v) is 3.11. The summed E-state index contributed by atoms with van der Waals surface area (Å²) in [6.07, 6.45) is 4.38. The van der Waals surface area contributed by atoms with Crippen LogP contribution >= 0.6 is 0 Å².